The first-order valence-electron chi connectivity index (χ1n) is 12.2. The smallest absolute Gasteiger partial charge is 0.233 e. The summed E-state index contributed by atoms with van der Waals surface area (Å²) in [4.78, 5) is 21.2. The Morgan fingerprint density at radius 2 is 1.88 bits per heavy atom. The van der Waals surface area contributed by atoms with E-state index in [0.717, 1.165) is 41.9 Å². The van der Waals surface area contributed by atoms with Crippen LogP contribution in [0.15, 0.2) is 66.7 Å². The number of carbonyl (C=O) groups excluding carboxylic acids is 1. The summed E-state index contributed by atoms with van der Waals surface area (Å²) in [6.07, 6.45) is 3.84. The standard InChI is InChI=1S/C29H31FN2O2/c1-21-6-2-8-23(18-21)29(13-16-34-17-14-29)28(33)32-15-5-12-27(32)26-11-4-10-25(31-26)20-22-7-3-9-24(30)19-22/h2-4,6-11,18-19,27H,5,12-17,20H2,1H3/t27-/m1/s1. The minimum Gasteiger partial charge on any atom is -0.381 e. The third kappa shape index (κ3) is 4.49. The number of aromatic nitrogens is 1. The lowest BCUT2D eigenvalue weighted by molar-refractivity contribution is -0.142. The quantitative estimate of drug-likeness (QED) is 0.505. The molecule has 0 bridgehead atoms. The van der Waals surface area contributed by atoms with Crippen LogP contribution in [0.3, 0.4) is 0 Å². The lowest BCUT2D eigenvalue weighted by Gasteiger charge is -2.41. The van der Waals surface area contributed by atoms with Crippen molar-refractivity contribution in [1.82, 2.24) is 9.88 Å². The van der Waals surface area contributed by atoms with Crippen LogP contribution in [0.2, 0.25) is 0 Å². The van der Waals surface area contributed by atoms with Gasteiger partial charge in [-0.3, -0.25) is 9.78 Å². The molecule has 5 rings (SSSR count). The van der Waals surface area contributed by atoms with Crippen molar-refractivity contribution >= 4 is 5.91 Å². The van der Waals surface area contributed by atoms with Gasteiger partial charge in [0.2, 0.25) is 5.91 Å². The molecule has 176 valence electrons. The maximum absolute atomic E-state index is 14.2. The van der Waals surface area contributed by atoms with Gasteiger partial charge in [-0.25, -0.2) is 4.39 Å². The molecule has 0 radical (unpaired) electrons. The Balaban J connectivity index is 1.43. The van der Waals surface area contributed by atoms with Crippen LogP contribution >= 0.6 is 0 Å². The number of aryl methyl sites for hydroxylation is 1. The molecule has 0 N–H and O–H groups in total. The largest absolute Gasteiger partial charge is 0.381 e. The average Bonchev–Trinajstić information content (AvgIpc) is 3.34. The minimum atomic E-state index is -0.550. The molecule has 3 aromatic rings. The Kier molecular flexibility index (Phi) is 6.46. The van der Waals surface area contributed by atoms with Crippen LogP contribution < -0.4 is 0 Å². The van der Waals surface area contributed by atoms with Crippen molar-refractivity contribution < 1.29 is 13.9 Å². The van der Waals surface area contributed by atoms with Crippen LogP contribution in [0.25, 0.3) is 0 Å². The number of carbonyl (C=O) groups is 1. The van der Waals surface area contributed by atoms with Gasteiger partial charge in [-0.1, -0.05) is 48.0 Å². The number of benzene rings is 2. The number of likely N-dealkylation sites (tertiary alicyclic amines) is 1. The highest BCUT2D eigenvalue weighted by molar-refractivity contribution is 5.89. The number of hydrogen-bond donors (Lipinski definition) is 0. The monoisotopic (exact) mass is 458 g/mol. The summed E-state index contributed by atoms with van der Waals surface area (Å²) in [6.45, 7) is 4.01. The molecule has 2 aromatic carbocycles. The molecule has 5 heteroatoms. The van der Waals surface area contributed by atoms with Gasteiger partial charge >= 0.3 is 0 Å². The molecule has 0 aliphatic carbocycles. The Morgan fingerprint density at radius 1 is 1.09 bits per heavy atom. The van der Waals surface area contributed by atoms with E-state index in [0.29, 0.717) is 32.5 Å². The molecular weight excluding hydrogens is 427 g/mol. The van der Waals surface area contributed by atoms with E-state index in [2.05, 4.69) is 30.0 Å². The van der Waals surface area contributed by atoms with E-state index in [1.807, 2.05) is 30.3 Å². The van der Waals surface area contributed by atoms with Crippen LogP contribution in [0.1, 0.15) is 59.8 Å². The summed E-state index contributed by atoms with van der Waals surface area (Å²) in [7, 11) is 0. The molecule has 2 aliphatic heterocycles. The lowest BCUT2D eigenvalue weighted by Crippen LogP contribution is -2.49. The fourth-order valence-corrected chi connectivity index (χ4v) is 5.52. The Bertz CT molecular complexity index is 1170. The summed E-state index contributed by atoms with van der Waals surface area (Å²) in [5, 5.41) is 0. The number of pyridine rings is 1. The van der Waals surface area contributed by atoms with Crippen molar-refractivity contribution in [2.24, 2.45) is 0 Å². The zero-order valence-electron chi connectivity index (χ0n) is 19.7. The van der Waals surface area contributed by atoms with Gasteiger partial charge in [0.15, 0.2) is 0 Å². The molecule has 1 amide bonds. The lowest BCUT2D eigenvalue weighted by atomic mass is 9.72. The van der Waals surface area contributed by atoms with Crippen LogP contribution in [0.5, 0.6) is 0 Å². The maximum Gasteiger partial charge on any atom is 0.233 e. The number of rotatable bonds is 5. The molecule has 1 aromatic heterocycles. The van der Waals surface area contributed by atoms with Crippen molar-refractivity contribution in [3.63, 3.8) is 0 Å². The van der Waals surface area contributed by atoms with E-state index in [-0.39, 0.29) is 17.8 Å². The van der Waals surface area contributed by atoms with E-state index >= 15 is 0 Å². The van der Waals surface area contributed by atoms with Crippen LogP contribution in [-0.4, -0.2) is 35.5 Å². The SMILES string of the molecule is Cc1cccc(C2(C(=O)N3CCC[C@@H]3c3cccc(Cc4cccc(F)c4)n3)CCOCC2)c1. The molecule has 3 heterocycles. The third-order valence-corrected chi connectivity index (χ3v) is 7.28. The van der Waals surface area contributed by atoms with Crippen molar-refractivity contribution in [2.75, 3.05) is 19.8 Å². The normalized spacial score (nSPS) is 19.8. The van der Waals surface area contributed by atoms with Crippen LogP contribution in [0, 0.1) is 12.7 Å². The first kappa shape index (κ1) is 22.7. The first-order chi connectivity index (χ1) is 16.5. The van der Waals surface area contributed by atoms with Gasteiger partial charge in [0.25, 0.3) is 0 Å². The second kappa shape index (κ2) is 9.67. The molecule has 0 spiro atoms. The van der Waals surface area contributed by atoms with Gasteiger partial charge in [-0.2, -0.15) is 0 Å². The Morgan fingerprint density at radius 3 is 2.68 bits per heavy atom. The van der Waals surface area contributed by atoms with E-state index in [9.17, 15) is 9.18 Å². The van der Waals surface area contributed by atoms with Crippen LogP contribution in [0.4, 0.5) is 4.39 Å². The van der Waals surface area contributed by atoms with Crippen molar-refractivity contribution in [3.8, 4) is 0 Å². The van der Waals surface area contributed by atoms with E-state index in [1.54, 1.807) is 12.1 Å². The zero-order valence-corrected chi connectivity index (χ0v) is 19.7. The molecule has 2 aliphatic rings. The molecule has 0 unspecified atom stereocenters. The Hall–Kier alpha value is -3.05. The summed E-state index contributed by atoms with van der Waals surface area (Å²) in [5.74, 6) is -0.0413. The second-order valence-corrected chi connectivity index (χ2v) is 9.58. The van der Waals surface area contributed by atoms with E-state index in [4.69, 9.17) is 9.72 Å². The molecule has 4 nitrogen and oxygen atoms in total. The second-order valence-electron chi connectivity index (χ2n) is 9.58. The van der Waals surface area contributed by atoms with Gasteiger partial charge in [-0.15, -0.1) is 0 Å². The molecular formula is C29H31FN2O2. The fraction of sp³-hybridized carbons (Fsp3) is 0.379. The third-order valence-electron chi connectivity index (χ3n) is 7.28. The number of ether oxygens (including phenoxy) is 1. The Labute approximate surface area is 200 Å². The van der Waals surface area contributed by atoms with E-state index < -0.39 is 5.41 Å². The van der Waals surface area contributed by atoms with Crippen molar-refractivity contribution in [3.05, 3.63) is 101 Å². The molecule has 2 saturated heterocycles. The maximum atomic E-state index is 14.2. The average molecular weight is 459 g/mol. The number of halogens is 1. The van der Waals surface area contributed by atoms with Gasteiger partial charge in [0, 0.05) is 31.9 Å². The van der Waals surface area contributed by atoms with Gasteiger partial charge < -0.3 is 9.64 Å². The van der Waals surface area contributed by atoms with Crippen molar-refractivity contribution in [2.45, 2.75) is 50.5 Å². The predicted molar refractivity (Wildman–Crippen MR) is 130 cm³/mol. The first-order valence-corrected chi connectivity index (χ1v) is 12.2. The highest BCUT2D eigenvalue weighted by atomic mass is 19.1. The highest BCUT2D eigenvalue weighted by Crippen LogP contribution is 2.41. The molecule has 1 atom stereocenters. The number of hydrogen-bond acceptors (Lipinski definition) is 3. The van der Waals surface area contributed by atoms with Gasteiger partial charge in [0.1, 0.15) is 5.82 Å². The van der Waals surface area contributed by atoms with E-state index in [1.165, 1.54) is 11.6 Å². The summed E-state index contributed by atoms with van der Waals surface area (Å²) < 4.78 is 19.3. The summed E-state index contributed by atoms with van der Waals surface area (Å²) >= 11 is 0. The fourth-order valence-electron chi connectivity index (χ4n) is 5.52. The van der Waals surface area contributed by atoms with Gasteiger partial charge in [-0.05, 0) is 68.0 Å². The minimum absolute atomic E-state index is 0.0375. The highest BCUT2D eigenvalue weighted by Gasteiger charge is 2.47. The zero-order chi connectivity index (χ0) is 23.5. The number of nitrogens with zero attached hydrogens (tertiary/aromatic N) is 2. The molecule has 2 fully saturated rings. The number of amides is 1. The molecule has 0 saturated carbocycles. The van der Waals surface area contributed by atoms with Gasteiger partial charge in [0.05, 0.1) is 17.2 Å². The predicted octanol–water partition coefficient (Wildman–Crippen LogP) is 5.53. The van der Waals surface area contributed by atoms with Crippen LogP contribution in [-0.2, 0) is 21.4 Å². The summed E-state index contributed by atoms with van der Waals surface area (Å²) in [6, 6.07) is 21.0. The topological polar surface area (TPSA) is 42.4 Å². The van der Waals surface area contributed by atoms with Crippen molar-refractivity contribution in [1.29, 1.82) is 0 Å². The molecule has 34 heavy (non-hydrogen) atoms. The summed E-state index contributed by atoms with van der Waals surface area (Å²) in [5.41, 5.74) is 4.42.